The Morgan fingerprint density at radius 3 is 2.47 bits per heavy atom. The van der Waals surface area contributed by atoms with Crippen molar-refractivity contribution in [3.8, 4) is 0 Å². The van der Waals surface area contributed by atoms with E-state index in [-0.39, 0.29) is 0 Å². The summed E-state index contributed by atoms with van der Waals surface area (Å²) in [7, 11) is 0. The van der Waals surface area contributed by atoms with E-state index in [0.717, 1.165) is 25.6 Å². The van der Waals surface area contributed by atoms with E-state index in [1.807, 2.05) is 0 Å². The summed E-state index contributed by atoms with van der Waals surface area (Å²) >= 11 is 0. The van der Waals surface area contributed by atoms with E-state index >= 15 is 0 Å². The highest BCUT2D eigenvalue weighted by molar-refractivity contribution is 5.79. The van der Waals surface area contributed by atoms with Gasteiger partial charge < -0.3 is 10.6 Å². The highest BCUT2D eigenvalue weighted by atomic mass is 15.4. The summed E-state index contributed by atoms with van der Waals surface area (Å²) in [6.07, 6.45) is 0. The molecule has 3 saturated heterocycles. The van der Waals surface area contributed by atoms with Crippen molar-refractivity contribution in [1.82, 2.24) is 20.4 Å². The predicted molar refractivity (Wildman–Crippen MR) is 80.6 cm³/mol. The summed E-state index contributed by atoms with van der Waals surface area (Å²) in [4.78, 5) is 9.81. The Kier molecular flexibility index (Phi) is 5.45. The molecule has 3 rings (SSSR count). The fourth-order valence-corrected chi connectivity index (χ4v) is 2.75. The molecule has 0 aromatic rings. The van der Waals surface area contributed by atoms with Crippen LogP contribution in [0.2, 0.25) is 0 Å². The molecule has 3 aliphatic rings. The molecule has 5 heteroatoms. The normalized spacial score (nSPS) is 30.7. The monoisotopic (exact) mass is 267 g/mol. The maximum atomic E-state index is 4.62. The van der Waals surface area contributed by atoms with Gasteiger partial charge in [-0.3, -0.25) is 14.8 Å². The Morgan fingerprint density at radius 1 is 1.21 bits per heavy atom. The van der Waals surface area contributed by atoms with Crippen molar-refractivity contribution in [2.45, 2.75) is 26.8 Å². The van der Waals surface area contributed by atoms with E-state index in [9.17, 15) is 0 Å². The van der Waals surface area contributed by atoms with Crippen LogP contribution in [-0.2, 0) is 0 Å². The Morgan fingerprint density at radius 2 is 1.95 bits per heavy atom. The summed E-state index contributed by atoms with van der Waals surface area (Å²) < 4.78 is 0. The first-order chi connectivity index (χ1) is 9.19. The average Bonchev–Trinajstić information content (AvgIpc) is 2.43. The molecule has 19 heavy (non-hydrogen) atoms. The number of nitrogens with one attached hydrogen (secondary N) is 2. The highest BCUT2D eigenvalue weighted by Gasteiger charge is 2.31. The molecule has 110 valence electrons. The second-order valence-corrected chi connectivity index (χ2v) is 5.98. The molecule has 0 spiro atoms. The predicted octanol–water partition coefficient (Wildman–Crippen LogP) is 0.197. The topological polar surface area (TPSA) is 42.9 Å². The number of guanidine groups is 1. The lowest BCUT2D eigenvalue weighted by molar-refractivity contribution is 0.0154. The van der Waals surface area contributed by atoms with Crippen LogP contribution >= 0.6 is 0 Å². The Hall–Kier alpha value is -0.810. The van der Waals surface area contributed by atoms with E-state index in [0.29, 0.717) is 12.0 Å². The Labute approximate surface area is 117 Å². The maximum absolute atomic E-state index is 4.62. The van der Waals surface area contributed by atoms with Gasteiger partial charge in [0.15, 0.2) is 5.96 Å². The molecule has 3 aliphatic heterocycles. The molecule has 1 atom stereocenters. The van der Waals surface area contributed by atoms with Crippen molar-refractivity contribution in [2.24, 2.45) is 10.9 Å². The van der Waals surface area contributed by atoms with Crippen LogP contribution in [-0.4, -0.2) is 74.2 Å². The first kappa shape index (κ1) is 14.6. The largest absolute Gasteiger partial charge is 0.357 e. The van der Waals surface area contributed by atoms with Gasteiger partial charge in [-0.2, -0.15) is 0 Å². The molecule has 0 aromatic carbocycles. The lowest BCUT2D eigenvalue weighted by Gasteiger charge is -2.47. The van der Waals surface area contributed by atoms with Crippen molar-refractivity contribution in [2.75, 3.05) is 52.4 Å². The van der Waals surface area contributed by atoms with E-state index in [1.165, 1.54) is 32.7 Å². The van der Waals surface area contributed by atoms with Gasteiger partial charge in [-0.15, -0.1) is 0 Å². The van der Waals surface area contributed by atoms with Crippen LogP contribution in [0.1, 0.15) is 20.8 Å². The molecule has 0 amide bonds. The van der Waals surface area contributed by atoms with Gasteiger partial charge in [-0.25, -0.2) is 0 Å². The van der Waals surface area contributed by atoms with Gasteiger partial charge in [0.2, 0.25) is 0 Å². The molecular formula is C14H29N5. The van der Waals surface area contributed by atoms with Crippen LogP contribution in [0.3, 0.4) is 0 Å². The van der Waals surface area contributed by atoms with Crippen LogP contribution < -0.4 is 10.6 Å². The molecule has 0 aromatic heterocycles. The Bertz CT molecular complexity index is 294. The number of rotatable bonds is 5. The standard InChI is InChI=1S/C14H29N5/c1-4-15-14(16-9-12(2)3)17-10-13-11-18-5-7-19(13)8-6-18/h12-13H,4-11H2,1-3H3,(H2,15,16,17). The summed E-state index contributed by atoms with van der Waals surface area (Å²) in [5, 5.41) is 6.83. The fraction of sp³-hybridized carbons (Fsp3) is 0.929. The lowest BCUT2D eigenvalue weighted by atomic mass is 10.1. The van der Waals surface area contributed by atoms with Gasteiger partial charge in [0.25, 0.3) is 0 Å². The van der Waals surface area contributed by atoms with Crippen LogP contribution in [0, 0.1) is 5.92 Å². The molecule has 2 N–H and O–H groups in total. The highest BCUT2D eigenvalue weighted by Crippen LogP contribution is 2.14. The minimum absolute atomic E-state index is 0.607. The number of fused-ring (bicyclic) bond motifs is 3. The van der Waals surface area contributed by atoms with Gasteiger partial charge in [0.05, 0.1) is 0 Å². The van der Waals surface area contributed by atoms with Crippen LogP contribution in [0.15, 0.2) is 4.99 Å². The van der Waals surface area contributed by atoms with Gasteiger partial charge in [0, 0.05) is 58.4 Å². The van der Waals surface area contributed by atoms with Gasteiger partial charge >= 0.3 is 0 Å². The molecule has 0 radical (unpaired) electrons. The van der Waals surface area contributed by atoms with Crippen LogP contribution in [0.25, 0.3) is 0 Å². The molecule has 5 nitrogen and oxygen atoms in total. The van der Waals surface area contributed by atoms with Crippen molar-refractivity contribution in [3.63, 3.8) is 0 Å². The van der Waals surface area contributed by atoms with Gasteiger partial charge in [0.1, 0.15) is 0 Å². The lowest BCUT2D eigenvalue weighted by Crippen LogP contribution is -2.63. The first-order valence-electron chi connectivity index (χ1n) is 7.67. The molecular weight excluding hydrogens is 238 g/mol. The third kappa shape index (κ3) is 4.35. The zero-order valence-electron chi connectivity index (χ0n) is 12.7. The SMILES string of the molecule is CCNC(=NCC(C)C)NCC1CN2CCN1CC2. The average molecular weight is 267 g/mol. The van der Waals surface area contributed by atoms with Crippen molar-refractivity contribution in [1.29, 1.82) is 0 Å². The molecule has 2 bridgehead atoms. The molecule has 0 saturated carbocycles. The third-order valence-electron chi connectivity index (χ3n) is 3.86. The van der Waals surface area contributed by atoms with Crippen molar-refractivity contribution in [3.05, 3.63) is 0 Å². The van der Waals surface area contributed by atoms with Crippen LogP contribution in [0.4, 0.5) is 0 Å². The number of hydrogen-bond donors (Lipinski definition) is 2. The van der Waals surface area contributed by atoms with Gasteiger partial charge in [-0.1, -0.05) is 13.8 Å². The zero-order valence-corrected chi connectivity index (χ0v) is 12.7. The Balaban J connectivity index is 1.79. The summed E-state index contributed by atoms with van der Waals surface area (Å²) in [6, 6.07) is 0.644. The van der Waals surface area contributed by atoms with E-state index in [1.54, 1.807) is 0 Å². The number of aliphatic imine (C=N–C) groups is 1. The molecule has 3 fully saturated rings. The van der Waals surface area contributed by atoms with E-state index < -0.39 is 0 Å². The van der Waals surface area contributed by atoms with Crippen LogP contribution in [0.5, 0.6) is 0 Å². The molecule has 3 heterocycles. The number of nitrogens with zero attached hydrogens (tertiary/aromatic N) is 3. The van der Waals surface area contributed by atoms with Crippen molar-refractivity contribution >= 4 is 5.96 Å². The fourth-order valence-electron chi connectivity index (χ4n) is 2.75. The number of hydrogen-bond acceptors (Lipinski definition) is 3. The minimum atomic E-state index is 0.607. The smallest absolute Gasteiger partial charge is 0.191 e. The van der Waals surface area contributed by atoms with E-state index in [4.69, 9.17) is 0 Å². The first-order valence-corrected chi connectivity index (χ1v) is 7.67. The second-order valence-electron chi connectivity index (χ2n) is 5.98. The maximum Gasteiger partial charge on any atom is 0.191 e. The second kappa shape index (κ2) is 7.10. The molecule has 0 aliphatic carbocycles. The quantitative estimate of drug-likeness (QED) is 0.551. The minimum Gasteiger partial charge on any atom is -0.357 e. The third-order valence-corrected chi connectivity index (χ3v) is 3.86. The summed E-state index contributed by atoms with van der Waals surface area (Å²) in [5.41, 5.74) is 0. The summed E-state index contributed by atoms with van der Waals surface area (Å²) in [6.45, 7) is 15.5. The van der Waals surface area contributed by atoms with Gasteiger partial charge in [-0.05, 0) is 12.8 Å². The summed E-state index contributed by atoms with van der Waals surface area (Å²) in [5.74, 6) is 1.57. The number of piperazine rings is 3. The molecule has 1 unspecified atom stereocenters. The van der Waals surface area contributed by atoms with Crippen molar-refractivity contribution < 1.29 is 0 Å². The zero-order chi connectivity index (χ0) is 13.7. The van der Waals surface area contributed by atoms with E-state index in [2.05, 4.69) is 46.2 Å².